The molecular weight excluding hydrogens is 332 g/mol. The summed E-state index contributed by atoms with van der Waals surface area (Å²) >= 11 is 0. The first-order chi connectivity index (χ1) is 12.4. The summed E-state index contributed by atoms with van der Waals surface area (Å²) in [5.74, 6) is 2.03. The molecule has 0 atom stereocenters. The fourth-order valence-electron chi connectivity index (χ4n) is 3.09. The summed E-state index contributed by atoms with van der Waals surface area (Å²) in [5, 5.41) is 0. The number of aryl methyl sites for hydroxylation is 4. The molecule has 2 aromatic carbocycles. The Morgan fingerprint density at radius 3 is 2.00 bits per heavy atom. The van der Waals surface area contributed by atoms with Crippen LogP contribution in [0.3, 0.4) is 0 Å². The molecule has 0 aliphatic carbocycles. The molecule has 0 radical (unpaired) electrons. The van der Waals surface area contributed by atoms with Crippen LogP contribution in [0.2, 0.25) is 0 Å². The van der Waals surface area contributed by atoms with Gasteiger partial charge in [-0.3, -0.25) is 4.79 Å². The summed E-state index contributed by atoms with van der Waals surface area (Å²) in [7, 11) is 4.69. The predicted molar refractivity (Wildman–Crippen MR) is 101 cm³/mol. The summed E-state index contributed by atoms with van der Waals surface area (Å²) in [6, 6.07) is 7.69. The van der Waals surface area contributed by atoms with Crippen molar-refractivity contribution in [1.29, 1.82) is 0 Å². The van der Waals surface area contributed by atoms with Gasteiger partial charge in [0.15, 0.2) is 11.5 Å². The van der Waals surface area contributed by atoms with E-state index in [1.165, 1.54) is 0 Å². The van der Waals surface area contributed by atoms with Gasteiger partial charge in [-0.2, -0.15) is 0 Å². The third-order valence-corrected chi connectivity index (χ3v) is 4.20. The lowest BCUT2D eigenvalue weighted by molar-refractivity contribution is -0.134. The maximum absolute atomic E-state index is 12.3. The van der Waals surface area contributed by atoms with Gasteiger partial charge in [0.05, 0.1) is 27.8 Å². The topological polar surface area (TPSA) is 54.0 Å². The quantitative estimate of drug-likeness (QED) is 0.549. The lowest BCUT2D eigenvalue weighted by atomic mass is 10.1. The smallest absolute Gasteiger partial charge is 0.311 e. The Kier molecular flexibility index (Phi) is 6.50. The highest BCUT2D eigenvalue weighted by Crippen LogP contribution is 2.40. The zero-order valence-corrected chi connectivity index (χ0v) is 16.3. The Balaban J connectivity index is 2.13. The fraction of sp³-hybridized carbons (Fsp3) is 0.381. The van der Waals surface area contributed by atoms with Crippen LogP contribution in [0.4, 0.5) is 0 Å². The van der Waals surface area contributed by atoms with Crippen molar-refractivity contribution in [1.82, 2.24) is 0 Å². The predicted octanol–water partition coefficient (Wildman–Crippen LogP) is 4.18. The summed E-state index contributed by atoms with van der Waals surface area (Å²) in [6.07, 6.45) is 0.713. The highest BCUT2D eigenvalue weighted by Gasteiger charge is 2.17. The number of carbonyl (C=O) groups excluding carboxylic acids is 1. The maximum atomic E-state index is 12.3. The molecule has 0 saturated carbocycles. The van der Waals surface area contributed by atoms with E-state index in [0.29, 0.717) is 29.4 Å². The SMILES string of the molecule is COc1ccc(CCC(=O)Oc2c(C)cc(C)cc2C)c(OC)c1OC. The monoisotopic (exact) mass is 358 g/mol. The number of benzene rings is 2. The number of hydrogen-bond acceptors (Lipinski definition) is 5. The molecule has 0 unspecified atom stereocenters. The molecule has 140 valence electrons. The van der Waals surface area contributed by atoms with Crippen molar-refractivity contribution < 1.29 is 23.7 Å². The van der Waals surface area contributed by atoms with Crippen molar-refractivity contribution in [3.63, 3.8) is 0 Å². The van der Waals surface area contributed by atoms with Crippen LogP contribution in [0.5, 0.6) is 23.0 Å². The molecule has 0 aromatic heterocycles. The molecule has 0 amide bonds. The average Bonchev–Trinajstić information content (AvgIpc) is 2.61. The van der Waals surface area contributed by atoms with E-state index >= 15 is 0 Å². The van der Waals surface area contributed by atoms with E-state index in [1.807, 2.05) is 39.0 Å². The zero-order chi connectivity index (χ0) is 19.3. The molecular formula is C21H26O5. The van der Waals surface area contributed by atoms with Crippen LogP contribution in [0.15, 0.2) is 24.3 Å². The largest absolute Gasteiger partial charge is 0.493 e. The molecule has 0 aliphatic heterocycles. The Morgan fingerprint density at radius 1 is 0.846 bits per heavy atom. The third kappa shape index (κ3) is 4.28. The van der Waals surface area contributed by atoms with E-state index in [-0.39, 0.29) is 12.4 Å². The Bertz CT molecular complexity index is 772. The van der Waals surface area contributed by atoms with Crippen molar-refractivity contribution in [3.05, 3.63) is 46.5 Å². The molecule has 0 N–H and O–H groups in total. The van der Waals surface area contributed by atoms with Crippen molar-refractivity contribution in [2.75, 3.05) is 21.3 Å². The maximum Gasteiger partial charge on any atom is 0.311 e. The van der Waals surface area contributed by atoms with Gasteiger partial charge >= 0.3 is 5.97 Å². The van der Waals surface area contributed by atoms with E-state index in [1.54, 1.807) is 27.4 Å². The van der Waals surface area contributed by atoms with Gasteiger partial charge in [-0.15, -0.1) is 0 Å². The van der Waals surface area contributed by atoms with Crippen molar-refractivity contribution in [2.45, 2.75) is 33.6 Å². The third-order valence-electron chi connectivity index (χ3n) is 4.20. The summed E-state index contributed by atoms with van der Waals surface area (Å²) in [5.41, 5.74) is 3.92. The lowest BCUT2D eigenvalue weighted by Crippen LogP contribution is -2.11. The molecule has 0 heterocycles. The average molecular weight is 358 g/mol. The van der Waals surface area contributed by atoms with Gasteiger partial charge in [0, 0.05) is 0 Å². The van der Waals surface area contributed by atoms with Gasteiger partial charge in [-0.1, -0.05) is 23.8 Å². The highest BCUT2D eigenvalue weighted by atomic mass is 16.5. The fourth-order valence-corrected chi connectivity index (χ4v) is 3.09. The first kappa shape index (κ1) is 19.6. The summed E-state index contributed by atoms with van der Waals surface area (Å²) in [6.45, 7) is 5.91. The number of carbonyl (C=O) groups is 1. The van der Waals surface area contributed by atoms with Gasteiger partial charge in [0.25, 0.3) is 0 Å². The first-order valence-electron chi connectivity index (χ1n) is 8.47. The molecule has 2 aromatic rings. The molecule has 0 aliphatic rings. The number of methoxy groups -OCH3 is 3. The zero-order valence-electron chi connectivity index (χ0n) is 16.3. The summed E-state index contributed by atoms with van der Waals surface area (Å²) in [4.78, 5) is 12.3. The van der Waals surface area contributed by atoms with Gasteiger partial charge in [-0.25, -0.2) is 0 Å². The minimum atomic E-state index is -0.281. The molecule has 0 spiro atoms. The number of ether oxygens (including phenoxy) is 4. The van der Waals surface area contributed by atoms with Crippen LogP contribution in [0, 0.1) is 20.8 Å². The molecule has 0 bridgehead atoms. The summed E-state index contributed by atoms with van der Waals surface area (Å²) < 4.78 is 21.7. The van der Waals surface area contributed by atoms with Crippen molar-refractivity contribution in [2.24, 2.45) is 0 Å². The number of rotatable bonds is 7. The van der Waals surface area contributed by atoms with Gasteiger partial charge in [-0.05, 0) is 49.9 Å². The van der Waals surface area contributed by atoms with E-state index in [9.17, 15) is 4.79 Å². The van der Waals surface area contributed by atoms with Crippen molar-refractivity contribution >= 4 is 5.97 Å². The standard InChI is InChI=1S/C21H26O5/c1-13-11-14(2)19(15(3)12-13)26-18(22)10-8-16-7-9-17(23-4)21(25-6)20(16)24-5/h7,9,11-12H,8,10H2,1-6H3. The first-order valence-corrected chi connectivity index (χ1v) is 8.47. The second-order valence-electron chi connectivity index (χ2n) is 6.20. The van der Waals surface area contributed by atoms with Crippen molar-refractivity contribution in [3.8, 4) is 23.0 Å². The van der Waals surface area contributed by atoms with Crippen LogP contribution in [-0.4, -0.2) is 27.3 Å². The highest BCUT2D eigenvalue weighted by molar-refractivity contribution is 5.74. The van der Waals surface area contributed by atoms with Gasteiger partial charge in [0.1, 0.15) is 5.75 Å². The molecule has 5 heteroatoms. The van der Waals surface area contributed by atoms with Gasteiger partial charge < -0.3 is 18.9 Å². The minimum absolute atomic E-state index is 0.235. The van der Waals surface area contributed by atoms with E-state index in [0.717, 1.165) is 22.3 Å². The van der Waals surface area contributed by atoms with Gasteiger partial charge in [0.2, 0.25) is 5.75 Å². The molecule has 0 fully saturated rings. The number of hydrogen-bond donors (Lipinski definition) is 0. The van der Waals surface area contributed by atoms with E-state index in [2.05, 4.69) is 0 Å². The Hall–Kier alpha value is -2.69. The van der Waals surface area contributed by atoms with E-state index < -0.39 is 0 Å². The van der Waals surface area contributed by atoms with Crippen LogP contribution in [0.1, 0.15) is 28.7 Å². The van der Waals surface area contributed by atoms with Crippen LogP contribution >= 0.6 is 0 Å². The Labute approximate surface area is 154 Å². The molecule has 2 rings (SSSR count). The Morgan fingerprint density at radius 2 is 1.46 bits per heavy atom. The second kappa shape index (κ2) is 8.61. The normalized spacial score (nSPS) is 10.4. The van der Waals surface area contributed by atoms with Crippen LogP contribution < -0.4 is 18.9 Å². The number of esters is 1. The molecule has 26 heavy (non-hydrogen) atoms. The molecule has 5 nitrogen and oxygen atoms in total. The lowest BCUT2D eigenvalue weighted by Gasteiger charge is -2.16. The second-order valence-corrected chi connectivity index (χ2v) is 6.20. The van der Waals surface area contributed by atoms with Crippen LogP contribution in [-0.2, 0) is 11.2 Å². The van der Waals surface area contributed by atoms with E-state index in [4.69, 9.17) is 18.9 Å². The minimum Gasteiger partial charge on any atom is -0.493 e. The molecule has 0 saturated heterocycles. The van der Waals surface area contributed by atoms with Crippen LogP contribution in [0.25, 0.3) is 0 Å².